The summed E-state index contributed by atoms with van der Waals surface area (Å²) in [6.07, 6.45) is 5.06. The van der Waals surface area contributed by atoms with Gasteiger partial charge in [0.15, 0.2) is 5.82 Å². The molecule has 4 heterocycles. The molecule has 176 valence electrons. The molecule has 5 rings (SSSR count). The molecule has 1 unspecified atom stereocenters. The fraction of sp³-hybridized carbons (Fsp3) is 0.360. The lowest BCUT2D eigenvalue weighted by Crippen LogP contribution is -2.41. The number of hydrogen-bond donors (Lipinski definition) is 2. The molecule has 1 aromatic carbocycles. The fourth-order valence-corrected chi connectivity index (χ4v) is 4.32. The molecular formula is C25H30N8O. The normalized spacial score (nSPS) is 17.4. The molecule has 9 nitrogen and oxygen atoms in total. The summed E-state index contributed by atoms with van der Waals surface area (Å²) in [6, 6.07) is 14.4. The van der Waals surface area contributed by atoms with Gasteiger partial charge < -0.3 is 10.1 Å². The Hall–Kier alpha value is -3.40. The molecule has 0 radical (unpaired) electrons. The Bertz CT molecular complexity index is 1180. The zero-order valence-corrected chi connectivity index (χ0v) is 19.4. The van der Waals surface area contributed by atoms with Gasteiger partial charge in [0.05, 0.1) is 49.1 Å². The minimum Gasteiger partial charge on any atom is -0.379 e. The predicted octanol–water partition coefficient (Wildman–Crippen LogP) is 2.64. The minimum atomic E-state index is -0.255. The van der Waals surface area contributed by atoms with E-state index in [2.05, 4.69) is 38.6 Å². The van der Waals surface area contributed by atoms with Crippen LogP contribution in [0.1, 0.15) is 17.2 Å². The van der Waals surface area contributed by atoms with E-state index in [0.29, 0.717) is 13.1 Å². The number of hydrazine groups is 2. The van der Waals surface area contributed by atoms with Gasteiger partial charge in [0.2, 0.25) is 0 Å². The van der Waals surface area contributed by atoms with Crippen LogP contribution >= 0.6 is 0 Å². The highest BCUT2D eigenvalue weighted by Crippen LogP contribution is 2.33. The summed E-state index contributed by atoms with van der Waals surface area (Å²) in [7, 11) is 1.98. The van der Waals surface area contributed by atoms with Crippen molar-refractivity contribution in [1.29, 1.82) is 5.41 Å². The third-order valence-corrected chi connectivity index (χ3v) is 6.21. The molecule has 1 saturated heterocycles. The summed E-state index contributed by atoms with van der Waals surface area (Å²) in [6.45, 7) is 5.78. The molecular weight excluding hydrogens is 428 g/mol. The molecule has 3 aromatic rings. The van der Waals surface area contributed by atoms with Gasteiger partial charge in [-0.15, -0.1) is 5.53 Å². The third-order valence-electron chi connectivity index (χ3n) is 6.21. The van der Waals surface area contributed by atoms with Gasteiger partial charge in [-0.25, -0.2) is 4.98 Å². The number of benzene rings is 1. The van der Waals surface area contributed by atoms with Crippen molar-refractivity contribution >= 4 is 34.8 Å². The van der Waals surface area contributed by atoms with Crippen molar-refractivity contribution < 1.29 is 4.74 Å². The lowest BCUT2D eigenvalue weighted by atomic mass is 10.1. The van der Waals surface area contributed by atoms with Gasteiger partial charge in [-0.1, -0.05) is 12.1 Å². The van der Waals surface area contributed by atoms with E-state index < -0.39 is 0 Å². The van der Waals surface area contributed by atoms with E-state index in [1.165, 1.54) is 6.21 Å². The molecule has 0 amide bonds. The van der Waals surface area contributed by atoms with Crippen LogP contribution in [0.15, 0.2) is 53.7 Å². The number of morpholine rings is 1. The number of anilines is 2. The SMILES string of the molecule is CN1NN(Cc2ccc3ncccc3c2)c2nc(C(C=N)C=NCCN3CCOCC3)ccc21. The van der Waals surface area contributed by atoms with Crippen LogP contribution in [-0.4, -0.2) is 73.7 Å². The maximum Gasteiger partial charge on any atom is 0.170 e. The second-order valence-corrected chi connectivity index (χ2v) is 8.56. The first kappa shape index (κ1) is 22.4. The number of rotatable bonds is 8. The molecule has 1 fully saturated rings. The van der Waals surface area contributed by atoms with Crippen LogP contribution < -0.4 is 15.6 Å². The zero-order chi connectivity index (χ0) is 23.3. The Balaban J connectivity index is 1.29. The van der Waals surface area contributed by atoms with Gasteiger partial charge in [0.1, 0.15) is 0 Å². The van der Waals surface area contributed by atoms with Gasteiger partial charge in [-0.05, 0) is 35.9 Å². The van der Waals surface area contributed by atoms with E-state index in [-0.39, 0.29) is 5.92 Å². The molecule has 2 N–H and O–H groups in total. The molecule has 2 aliphatic heterocycles. The zero-order valence-electron chi connectivity index (χ0n) is 19.4. The van der Waals surface area contributed by atoms with E-state index in [1.54, 1.807) is 0 Å². The molecule has 1 atom stereocenters. The number of aliphatic imine (C=N–C) groups is 1. The standard InChI is InChI=1S/C25H30N8O/c1-31-24-7-6-23(21(16-26)17-27-9-10-32-11-13-34-14-12-32)29-25(24)33(30-31)18-19-4-5-22-20(15-19)3-2-8-28-22/h2-8,15-17,21,26,30H,9-14,18H2,1H3. The molecule has 9 heteroatoms. The maximum atomic E-state index is 7.94. The summed E-state index contributed by atoms with van der Waals surface area (Å²) in [4.78, 5) is 16.3. The van der Waals surface area contributed by atoms with Crippen molar-refractivity contribution in [2.45, 2.75) is 12.5 Å². The van der Waals surface area contributed by atoms with Crippen molar-refractivity contribution in [3.63, 3.8) is 0 Å². The van der Waals surface area contributed by atoms with E-state index in [0.717, 1.165) is 66.5 Å². The quantitative estimate of drug-likeness (QED) is 0.501. The monoisotopic (exact) mass is 458 g/mol. The molecule has 34 heavy (non-hydrogen) atoms. The maximum absolute atomic E-state index is 7.94. The lowest BCUT2D eigenvalue weighted by Gasteiger charge is -2.25. The fourth-order valence-electron chi connectivity index (χ4n) is 4.32. The smallest absolute Gasteiger partial charge is 0.170 e. The number of aromatic nitrogens is 2. The minimum absolute atomic E-state index is 0.255. The van der Waals surface area contributed by atoms with Gasteiger partial charge >= 0.3 is 0 Å². The third kappa shape index (κ3) is 4.91. The van der Waals surface area contributed by atoms with Gasteiger partial charge in [0.25, 0.3) is 0 Å². The Morgan fingerprint density at radius 1 is 1.21 bits per heavy atom. The van der Waals surface area contributed by atoms with Crippen LogP contribution in [-0.2, 0) is 11.3 Å². The van der Waals surface area contributed by atoms with Crippen molar-refractivity contribution in [3.05, 3.63) is 59.9 Å². The van der Waals surface area contributed by atoms with Gasteiger partial charge in [-0.2, -0.15) is 0 Å². The number of fused-ring (bicyclic) bond motifs is 2. The van der Waals surface area contributed by atoms with Crippen LogP contribution in [0.25, 0.3) is 10.9 Å². The average molecular weight is 459 g/mol. The summed E-state index contributed by atoms with van der Waals surface area (Å²) in [5.41, 5.74) is 7.33. The van der Waals surface area contributed by atoms with Gasteiger partial charge in [-0.3, -0.25) is 24.9 Å². The summed E-state index contributed by atoms with van der Waals surface area (Å²) in [5, 5.41) is 13.1. The summed E-state index contributed by atoms with van der Waals surface area (Å²) in [5.74, 6) is 0.592. The second-order valence-electron chi connectivity index (χ2n) is 8.56. The van der Waals surface area contributed by atoms with Crippen molar-refractivity contribution in [2.24, 2.45) is 4.99 Å². The number of nitrogens with one attached hydrogen (secondary N) is 2. The van der Waals surface area contributed by atoms with Crippen molar-refractivity contribution in [3.8, 4) is 0 Å². The van der Waals surface area contributed by atoms with Crippen LogP contribution in [0.3, 0.4) is 0 Å². The van der Waals surface area contributed by atoms with E-state index in [9.17, 15) is 0 Å². The molecule has 2 aliphatic rings. The number of pyridine rings is 2. The molecule has 0 saturated carbocycles. The first-order chi connectivity index (χ1) is 16.7. The number of ether oxygens (including phenoxy) is 1. The Morgan fingerprint density at radius 2 is 2.09 bits per heavy atom. The summed E-state index contributed by atoms with van der Waals surface area (Å²) < 4.78 is 5.40. The first-order valence-electron chi connectivity index (χ1n) is 11.6. The highest BCUT2D eigenvalue weighted by molar-refractivity contribution is 5.89. The van der Waals surface area contributed by atoms with E-state index in [1.807, 2.05) is 53.7 Å². The Labute approximate surface area is 199 Å². The second kappa shape index (κ2) is 10.3. The topological polar surface area (TPSA) is 93.0 Å². The van der Waals surface area contributed by atoms with Crippen molar-refractivity contribution in [1.82, 2.24) is 20.4 Å². The predicted molar refractivity (Wildman–Crippen MR) is 136 cm³/mol. The van der Waals surface area contributed by atoms with E-state index in [4.69, 9.17) is 15.1 Å². The van der Waals surface area contributed by atoms with Crippen LogP contribution in [0.2, 0.25) is 0 Å². The van der Waals surface area contributed by atoms with Gasteiger partial charge in [0, 0.05) is 50.7 Å². The highest BCUT2D eigenvalue weighted by atomic mass is 16.5. The first-order valence-corrected chi connectivity index (χ1v) is 11.6. The highest BCUT2D eigenvalue weighted by Gasteiger charge is 2.26. The average Bonchev–Trinajstić information content (AvgIpc) is 3.19. The van der Waals surface area contributed by atoms with Crippen LogP contribution in [0.5, 0.6) is 0 Å². The lowest BCUT2D eigenvalue weighted by molar-refractivity contribution is 0.0394. The number of hydrogen-bond acceptors (Lipinski definition) is 9. The molecule has 2 aromatic heterocycles. The van der Waals surface area contributed by atoms with E-state index >= 15 is 0 Å². The number of nitrogens with zero attached hydrogens (tertiary/aromatic N) is 6. The van der Waals surface area contributed by atoms with Crippen LogP contribution in [0, 0.1) is 5.41 Å². The molecule has 0 aliphatic carbocycles. The Kier molecular flexibility index (Phi) is 6.75. The molecule has 0 spiro atoms. The molecule has 0 bridgehead atoms. The largest absolute Gasteiger partial charge is 0.379 e. The van der Waals surface area contributed by atoms with Crippen molar-refractivity contribution in [2.75, 3.05) is 56.5 Å². The Morgan fingerprint density at radius 3 is 2.94 bits per heavy atom. The van der Waals surface area contributed by atoms with Crippen LogP contribution in [0.4, 0.5) is 11.5 Å². The summed E-state index contributed by atoms with van der Waals surface area (Å²) >= 11 is 0.